The van der Waals surface area contributed by atoms with Gasteiger partial charge in [-0.05, 0) is 25.1 Å². The van der Waals surface area contributed by atoms with Gasteiger partial charge in [-0.15, -0.1) is 0 Å². The quantitative estimate of drug-likeness (QED) is 0.301. The van der Waals surface area contributed by atoms with Crippen molar-refractivity contribution in [3.8, 4) is 17.2 Å². The number of hydrogen-bond acceptors (Lipinski definition) is 7. The summed E-state index contributed by atoms with van der Waals surface area (Å²) < 4.78 is 38.6. The van der Waals surface area contributed by atoms with Crippen molar-refractivity contribution in [3.63, 3.8) is 0 Å². The Hall–Kier alpha value is -4.61. The molecule has 4 rings (SSSR count). The van der Waals surface area contributed by atoms with Crippen LogP contribution in [0.4, 0.5) is 20.2 Å². The van der Waals surface area contributed by atoms with Crippen LogP contribution in [-0.2, 0) is 0 Å². The molecule has 2 aromatic carbocycles. The molecule has 0 bridgehead atoms. The molecule has 0 unspecified atom stereocenters. The molecule has 0 radical (unpaired) electrons. The Balaban J connectivity index is 1.69. The molecule has 34 heavy (non-hydrogen) atoms. The molecule has 10 nitrogen and oxygen atoms in total. The zero-order valence-electron chi connectivity index (χ0n) is 17.9. The fourth-order valence-corrected chi connectivity index (χ4v) is 3.28. The van der Waals surface area contributed by atoms with Gasteiger partial charge in [0.25, 0.3) is 18.0 Å². The van der Waals surface area contributed by atoms with Gasteiger partial charge in [-0.3, -0.25) is 14.9 Å². The van der Waals surface area contributed by atoms with Crippen LogP contribution in [0.2, 0.25) is 0 Å². The molecule has 2 heterocycles. The number of anilines is 1. The van der Waals surface area contributed by atoms with Crippen molar-refractivity contribution in [2.24, 2.45) is 0 Å². The Labute approximate surface area is 190 Å². The average Bonchev–Trinajstić information content (AvgIpc) is 3.22. The molecule has 0 spiro atoms. The number of non-ortho nitro benzene ring substituents is 1. The number of carbonyl (C=O) groups excluding carboxylic acids is 1. The van der Waals surface area contributed by atoms with Crippen LogP contribution in [0, 0.1) is 17.0 Å². The molecule has 0 aliphatic heterocycles. The number of methoxy groups -OCH3 is 1. The molecular formula is C22H17F2N5O5. The number of benzene rings is 2. The number of aromatic nitrogens is 3. The van der Waals surface area contributed by atoms with Crippen LogP contribution >= 0.6 is 0 Å². The maximum Gasteiger partial charge on any atom is 0.280 e. The first kappa shape index (κ1) is 22.6. The normalized spacial score (nSPS) is 11.0. The van der Waals surface area contributed by atoms with Gasteiger partial charge in [-0.1, -0.05) is 12.1 Å². The summed E-state index contributed by atoms with van der Waals surface area (Å²) in [7, 11) is 1.45. The minimum atomic E-state index is -2.83. The number of nitro benzene ring substituents is 1. The number of rotatable bonds is 7. The molecule has 0 fully saturated rings. The lowest BCUT2D eigenvalue weighted by Crippen LogP contribution is -2.13. The third kappa shape index (κ3) is 4.46. The van der Waals surface area contributed by atoms with E-state index in [0.29, 0.717) is 11.5 Å². The van der Waals surface area contributed by atoms with Gasteiger partial charge in [0.05, 0.1) is 30.0 Å². The number of para-hydroxylation sites is 2. The highest BCUT2D eigenvalue weighted by atomic mass is 19.3. The van der Waals surface area contributed by atoms with E-state index in [-0.39, 0.29) is 34.0 Å². The predicted octanol–water partition coefficient (Wildman–Crippen LogP) is 4.94. The Morgan fingerprint density at radius 3 is 2.59 bits per heavy atom. The Morgan fingerprint density at radius 2 is 1.91 bits per heavy atom. The minimum absolute atomic E-state index is 0.0465. The second kappa shape index (κ2) is 9.10. The summed E-state index contributed by atoms with van der Waals surface area (Å²) in [6.45, 7) is 1.52. The number of nitrogens with one attached hydrogen (secondary N) is 1. The first-order valence-electron chi connectivity index (χ1n) is 9.82. The van der Waals surface area contributed by atoms with E-state index in [9.17, 15) is 23.7 Å². The Kier molecular flexibility index (Phi) is 6.04. The van der Waals surface area contributed by atoms with Gasteiger partial charge in [-0.25, -0.2) is 18.3 Å². The van der Waals surface area contributed by atoms with E-state index in [1.54, 1.807) is 24.3 Å². The number of aryl methyl sites for hydroxylation is 1. The third-order valence-corrected chi connectivity index (χ3v) is 4.75. The minimum Gasteiger partial charge on any atom is -0.493 e. The second-order valence-corrected chi connectivity index (χ2v) is 7.10. The van der Waals surface area contributed by atoms with E-state index in [1.165, 1.54) is 32.2 Å². The summed E-state index contributed by atoms with van der Waals surface area (Å²) in [4.78, 5) is 27.8. The van der Waals surface area contributed by atoms with Crippen LogP contribution in [0.3, 0.4) is 0 Å². The molecule has 174 valence electrons. The van der Waals surface area contributed by atoms with Crippen LogP contribution in [0.5, 0.6) is 17.2 Å². The molecule has 1 amide bonds. The van der Waals surface area contributed by atoms with Crippen molar-refractivity contribution in [3.05, 3.63) is 81.8 Å². The van der Waals surface area contributed by atoms with Crippen molar-refractivity contribution in [1.29, 1.82) is 0 Å². The van der Waals surface area contributed by atoms with Gasteiger partial charge in [0.15, 0.2) is 17.1 Å². The number of fused-ring (bicyclic) bond motifs is 1. The smallest absolute Gasteiger partial charge is 0.280 e. The molecule has 0 aliphatic carbocycles. The topological polar surface area (TPSA) is 121 Å². The first-order valence-corrected chi connectivity index (χ1v) is 9.82. The predicted molar refractivity (Wildman–Crippen MR) is 117 cm³/mol. The SMILES string of the molecule is COc1ccccc1Oc1cc(NC(=O)c2cnn3c(C(F)F)cc(C)nc23)cc([N+](=O)[O-])c1. The zero-order chi connectivity index (χ0) is 24.4. The van der Waals surface area contributed by atoms with Gasteiger partial charge in [-0.2, -0.15) is 5.10 Å². The second-order valence-electron chi connectivity index (χ2n) is 7.10. The van der Waals surface area contributed by atoms with Crippen molar-refractivity contribution in [1.82, 2.24) is 14.6 Å². The maximum absolute atomic E-state index is 13.4. The van der Waals surface area contributed by atoms with Crippen LogP contribution < -0.4 is 14.8 Å². The Morgan fingerprint density at radius 1 is 1.18 bits per heavy atom. The van der Waals surface area contributed by atoms with Gasteiger partial charge in [0.1, 0.15) is 17.0 Å². The highest BCUT2D eigenvalue weighted by Crippen LogP contribution is 2.34. The van der Waals surface area contributed by atoms with Crippen molar-refractivity contribution in [2.75, 3.05) is 12.4 Å². The lowest BCUT2D eigenvalue weighted by Gasteiger charge is -2.11. The summed E-state index contributed by atoms with van der Waals surface area (Å²) in [6.07, 6.45) is -1.72. The van der Waals surface area contributed by atoms with E-state index >= 15 is 0 Å². The zero-order valence-corrected chi connectivity index (χ0v) is 17.9. The molecular weight excluding hydrogens is 452 g/mol. The average molecular weight is 469 g/mol. The number of ether oxygens (including phenoxy) is 2. The van der Waals surface area contributed by atoms with E-state index < -0.39 is 22.9 Å². The number of nitrogens with zero attached hydrogens (tertiary/aromatic N) is 4. The lowest BCUT2D eigenvalue weighted by molar-refractivity contribution is -0.384. The van der Waals surface area contributed by atoms with E-state index in [4.69, 9.17) is 9.47 Å². The van der Waals surface area contributed by atoms with Gasteiger partial charge in [0.2, 0.25) is 0 Å². The number of hydrogen-bond donors (Lipinski definition) is 1. The molecule has 0 saturated heterocycles. The largest absolute Gasteiger partial charge is 0.493 e. The molecule has 2 aromatic heterocycles. The summed E-state index contributed by atoms with van der Waals surface area (Å²) >= 11 is 0. The van der Waals surface area contributed by atoms with Crippen molar-refractivity contribution >= 4 is 22.9 Å². The monoisotopic (exact) mass is 469 g/mol. The van der Waals surface area contributed by atoms with E-state index in [0.717, 1.165) is 16.8 Å². The molecule has 4 aromatic rings. The molecule has 1 N–H and O–H groups in total. The highest BCUT2D eigenvalue weighted by molar-refractivity contribution is 6.08. The summed E-state index contributed by atoms with van der Waals surface area (Å²) in [5.41, 5.74) is -0.570. The number of carbonyl (C=O) groups is 1. The van der Waals surface area contributed by atoms with Gasteiger partial charge < -0.3 is 14.8 Å². The number of halogens is 2. The fraction of sp³-hybridized carbons (Fsp3) is 0.136. The van der Waals surface area contributed by atoms with Crippen molar-refractivity contribution < 1.29 is 28.0 Å². The van der Waals surface area contributed by atoms with E-state index in [2.05, 4.69) is 15.4 Å². The first-order chi connectivity index (χ1) is 16.3. The number of nitro groups is 1. The summed E-state index contributed by atoms with van der Waals surface area (Å²) in [5, 5.41) is 17.8. The van der Waals surface area contributed by atoms with Crippen LogP contribution in [0.1, 0.15) is 28.2 Å². The molecule has 0 aliphatic rings. The molecule has 0 saturated carbocycles. The number of amides is 1. The lowest BCUT2D eigenvalue weighted by atomic mass is 10.2. The van der Waals surface area contributed by atoms with Crippen LogP contribution in [0.15, 0.2) is 54.7 Å². The molecule has 0 atom stereocenters. The molecule has 12 heteroatoms. The fourth-order valence-electron chi connectivity index (χ4n) is 3.28. The third-order valence-electron chi connectivity index (χ3n) is 4.75. The van der Waals surface area contributed by atoms with Crippen molar-refractivity contribution in [2.45, 2.75) is 13.3 Å². The summed E-state index contributed by atoms with van der Waals surface area (Å²) in [6, 6.07) is 11.6. The van der Waals surface area contributed by atoms with Crippen LogP contribution in [-0.4, -0.2) is 32.5 Å². The summed E-state index contributed by atoms with van der Waals surface area (Å²) in [5.74, 6) is 0.0479. The van der Waals surface area contributed by atoms with E-state index in [1.807, 2.05) is 0 Å². The highest BCUT2D eigenvalue weighted by Gasteiger charge is 2.21. The number of alkyl halides is 2. The Bertz CT molecular complexity index is 1410. The van der Waals surface area contributed by atoms with Gasteiger partial charge >= 0.3 is 0 Å². The van der Waals surface area contributed by atoms with Crippen LogP contribution in [0.25, 0.3) is 5.65 Å². The van der Waals surface area contributed by atoms with Gasteiger partial charge in [0, 0.05) is 17.8 Å². The maximum atomic E-state index is 13.4. The standard InChI is InChI=1S/C22H17F2N5O5/c1-12-7-17(20(23)24)28-21(26-12)16(11-25-28)22(30)27-13-8-14(29(31)32)10-15(9-13)34-19-6-4-3-5-18(19)33-2/h3-11,20H,1-2H3,(H,27,30).